The lowest BCUT2D eigenvalue weighted by Crippen LogP contribution is -2.37. The number of halogens is 1. The molecule has 41 heavy (non-hydrogen) atoms. The highest BCUT2D eigenvalue weighted by atomic mass is 32.1. The van der Waals surface area contributed by atoms with Gasteiger partial charge >= 0.3 is 0 Å². The number of pyridine rings is 1. The summed E-state index contributed by atoms with van der Waals surface area (Å²) in [5, 5.41) is 16.2. The zero-order valence-corrected chi connectivity index (χ0v) is 23.9. The molecule has 4 heterocycles. The second-order valence-corrected chi connectivity index (χ2v) is 11.9. The van der Waals surface area contributed by atoms with Gasteiger partial charge in [-0.25, -0.2) is 9.97 Å². The van der Waals surface area contributed by atoms with Crippen molar-refractivity contribution in [2.45, 2.75) is 51.4 Å². The number of nitrogens with one attached hydrogen (secondary N) is 2. The maximum absolute atomic E-state index is 13.6. The first-order valence-electron chi connectivity index (χ1n) is 13.5. The number of imidazole rings is 1. The number of carbonyl (C=O) groups excluding carboxylic acids is 2. The molecular formula is C30H33FN6O3S. The molecule has 0 saturated carbocycles. The zero-order valence-electron chi connectivity index (χ0n) is 23.1. The number of hydrogen-bond acceptors (Lipinski definition) is 7. The predicted molar refractivity (Wildman–Crippen MR) is 158 cm³/mol. The molecule has 3 aromatic heterocycles. The van der Waals surface area contributed by atoms with Crippen molar-refractivity contribution in [1.29, 1.82) is 0 Å². The van der Waals surface area contributed by atoms with Gasteiger partial charge < -0.3 is 19.9 Å². The summed E-state index contributed by atoms with van der Waals surface area (Å²) in [5.41, 5.74) is 2.35. The number of benzene rings is 1. The van der Waals surface area contributed by atoms with Crippen LogP contribution in [0.3, 0.4) is 0 Å². The number of amides is 2. The number of thiophene rings is 1. The van der Waals surface area contributed by atoms with E-state index in [2.05, 4.69) is 22.2 Å². The van der Waals surface area contributed by atoms with Gasteiger partial charge in [0.05, 0.1) is 27.6 Å². The molecule has 1 fully saturated rings. The van der Waals surface area contributed by atoms with E-state index < -0.39 is 11.5 Å². The van der Waals surface area contributed by atoms with E-state index in [0.29, 0.717) is 48.1 Å². The van der Waals surface area contributed by atoms with Crippen molar-refractivity contribution in [3.05, 3.63) is 77.7 Å². The molecule has 1 aromatic carbocycles. The molecule has 9 nitrogen and oxygen atoms in total. The number of nitrogens with zero attached hydrogens (tertiary/aromatic N) is 4. The maximum atomic E-state index is 13.6. The molecule has 1 saturated heterocycles. The van der Waals surface area contributed by atoms with E-state index in [1.54, 1.807) is 32.0 Å². The lowest BCUT2D eigenvalue weighted by molar-refractivity contribution is -0.126. The molecule has 4 aromatic rings. The van der Waals surface area contributed by atoms with Crippen LogP contribution in [-0.2, 0) is 17.9 Å². The molecule has 1 aliphatic heterocycles. The number of carbonyl (C=O) groups is 2. The maximum Gasteiger partial charge on any atom is 0.268 e. The van der Waals surface area contributed by atoms with E-state index in [9.17, 15) is 19.1 Å². The molecule has 3 N–H and O–H groups in total. The van der Waals surface area contributed by atoms with E-state index in [4.69, 9.17) is 4.98 Å². The van der Waals surface area contributed by atoms with Crippen molar-refractivity contribution < 1.29 is 19.1 Å². The van der Waals surface area contributed by atoms with Crippen molar-refractivity contribution in [2.75, 3.05) is 18.4 Å². The minimum atomic E-state index is -0.827. The quantitative estimate of drug-likeness (QED) is 0.188. The zero-order chi connectivity index (χ0) is 29.1. The van der Waals surface area contributed by atoms with Gasteiger partial charge in [-0.3, -0.25) is 14.9 Å². The average Bonchev–Trinajstić information content (AvgIpc) is 3.67. The highest BCUT2D eigenvalue weighted by Crippen LogP contribution is 2.30. The summed E-state index contributed by atoms with van der Waals surface area (Å²) in [6.45, 7) is 9.24. The molecule has 214 valence electrons. The first-order chi connectivity index (χ1) is 19.6. The van der Waals surface area contributed by atoms with Gasteiger partial charge in [0, 0.05) is 43.3 Å². The van der Waals surface area contributed by atoms with Crippen LogP contribution >= 0.6 is 11.3 Å². The largest absolute Gasteiger partial charge is 0.389 e. The predicted octanol–water partition coefficient (Wildman–Crippen LogP) is 4.59. The second kappa shape index (κ2) is 11.9. The average molecular weight is 577 g/mol. The van der Waals surface area contributed by atoms with Crippen LogP contribution in [0.4, 0.5) is 10.3 Å². The molecular weight excluding hydrogens is 543 g/mol. The summed E-state index contributed by atoms with van der Waals surface area (Å²) in [7, 11) is 0. The van der Waals surface area contributed by atoms with E-state index >= 15 is 0 Å². The Kier molecular flexibility index (Phi) is 8.30. The summed E-state index contributed by atoms with van der Waals surface area (Å²) in [5.74, 6) is -0.637. The Labute approximate surface area is 241 Å². The normalized spacial score (nSPS) is 15.4. The number of hydrogen-bond donors (Lipinski definition) is 3. The smallest absolute Gasteiger partial charge is 0.268 e. The first kappa shape index (κ1) is 28.6. The highest BCUT2D eigenvalue weighted by Gasteiger charge is 2.29. The molecule has 1 aliphatic rings. The number of rotatable bonds is 10. The van der Waals surface area contributed by atoms with Gasteiger partial charge in [-0.15, -0.1) is 11.3 Å². The van der Waals surface area contributed by atoms with Crippen LogP contribution in [0, 0.1) is 5.95 Å². The minimum Gasteiger partial charge on any atom is -0.389 e. The van der Waals surface area contributed by atoms with Crippen molar-refractivity contribution in [3.8, 4) is 10.4 Å². The lowest BCUT2D eigenvalue weighted by atomic mass is 10.1. The van der Waals surface area contributed by atoms with Gasteiger partial charge in [0.1, 0.15) is 0 Å². The fourth-order valence-corrected chi connectivity index (χ4v) is 5.95. The van der Waals surface area contributed by atoms with Crippen molar-refractivity contribution in [2.24, 2.45) is 0 Å². The molecule has 0 radical (unpaired) electrons. The van der Waals surface area contributed by atoms with Crippen molar-refractivity contribution >= 4 is 40.1 Å². The monoisotopic (exact) mass is 576 g/mol. The summed E-state index contributed by atoms with van der Waals surface area (Å²) >= 11 is 1.25. The fourth-order valence-electron chi connectivity index (χ4n) is 5.06. The topological polar surface area (TPSA) is 112 Å². The van der Waals surface area contributed by atoms with Gasteiger partial charge in [-0.05, 0) is 74.2 Å². The van der Waals surface area contributed by atoms with E-state index in [1.165, 1.54) is 29.7 Å². The third-order valence-electron chi connectivity index (χ3n) is 6.99. The molecule has 0 aliphatic carbocycles. The van der Waals surface area contributed by atoms with E-state index in [1.807, 2.05) is 27.7 Å². The van der Waals surface area contributed by atoms with Gasteiger partial charge in [0.2, 0.25) is 17.8 Å². The summed E-state index contributed by atoms with van der Waals surface area (Å²) in [4.78, 5) is 37.2. The Morgan fingerprint density at radius 1 is 1.24 bits per heavy atom. The van der Waals surface area contributed by atoms with Crippen LogP contribution in [0.5, 0.6) is 0 Å². The highest BCUT2D eigenvalue weighted by molar-refractivity contribution is 7.17. The van der Waals surface area contributed by atoms with Gasteiger partial charge in [0.25, 0.3) is 5.91 Å². The SMILES string of the molecule is C=CC(=O)N1CCC[C@@H]1Cn1c(NC(=O)c2ccc(-c3ccnc(F)c3)s2)nc2cc(CNCC(C)(C)O)ccc21. The third-order valence-corrected chi connectivity index (χ3v) is 8.13. The van der Waals surface area contributed by atoms with Crippen LogP contribution in [0.15, 0.2) is 61.3 Å². The number of fused-ring (bicyclic) bond motifs is 1. The van der Waals surface area contributed by atoms with Gasteiger partial charge in [-0.1, -0.05) is 12.6 Å². The van der Waals surface area contributed by atoms with E-state index in [-0.39, 0.29) is 17.9 Å². The second-order valence-electron chi connectivity index (χ2n) is 10.8. The molecule has 0 bridgehead atoms. The van der Waals surface area contributed by atoms with Crippen LogP contribution in [0.1, 0.15) is 41.9 Å². The third kappa shape index (κ3) is 6.70. The molecule has 11 heteroatoms. The minimum absolute atomic E-state index is 0.0587. The Balaban J connectivity index is 1.43. The van der Waals surface area contributed by atoms with E-state index in [0.717, 1.165) is 28.8 Å². The Morgan fingerprint density at radius 2 is 2.07 bits per heavy atom. The van der Waals surface area contributed by atoms with Crippen molar-refractivity contribution in [1.82, 2.24) is 24.8 Å². The first-order valence-corrected chi connectivity index (χ1v) is 14.3. The van der Waals surface area contributed by atoms with Crippen molar-refractivity contribution in [3.63, 3.8) is 0 Å². The van der Waals surface area contributed by atoms with Gasteiger partial charge in [0.15, 0.2) is 0 Å². The molecule has 0 spiro atoms. The number of likely N-dealkylation sites (tertiary alicyclic amines) is 1. The fraction of sp³-hybridized carbons (Fsp3) is 0.333. The summed E-state index contributed by atoms with van der Waals surface area (Å²) in [6, 6.07) is 12.4. The van der Waals surface area contributed by atoms with Crippen LogP contribution in [0.2, 0.25) is 0 Å². The molecule has 1 atom stereocenters. The Morgan fingerprint density at radius 3 is 2.83 bits per heavy atom. The number of aromatic nitrogens is 3. The van der Waals surface area contributed by atoms with Gasteiger partial charge in [-0.2, -0.15) is 4.39 Å². The van der Waals surface area contributed by atoms with Crippen LogP contribution in [-0.4, -0.2) is 61.1 Å². The molecule has 5 rings (SSSR count). The van der Waals surface area contributed by atoms with Crippen LogP contribution < -0.4 is 10.6 Å². The molecule has 2 amide bonds. The van der Waals surface area contributed by atoms with Crippen LogP contribution in [0.25, 0.3) is 21.5 Å². The Hall–Kier alpha value is -3.93. The molecule has 0 unspecified atom stereocenters. The standard InChI is InChI=1S/C30H33FN6O3S/c1-4-27(38)36-13-5-6-21(36)17-37-23-8-7-19(16-32-18-30(2,3)40)14-22(23)34-29(37)35-28(39)25-10-9-24(41-25)20-11-12-33-26(31)15-20/h4,7-12,14-15,21,32,40H,1,5-6,13,16-18H2,2-3H3,(H,34,35,39)/t21-/m1/s1. The number of anilines is 1. The summed E-state index contributed by atoms with van der Waals surface area (Å²) < 4.78 is 15.6. The Bertz CT molecular complexity index is 1590. The lowest BCUT2D eigenvalue weighted by Gasteiger charge is -2.24. The summed E-state index contributed by atoms with van der Waals surface area (Å²) in [6.07, 6.45) is 4.46. The number of aliphatic hydroxyl groups is 1.